The molecule has 0 fully saturated rings. The number of unbranched alkanes of at least 4 members (excludes halogenated alkanes) is 13. The van der Waals surface area contributed by atoms with Crippen molar-refractivity contribution in [3.63, 3.8) is 0 Å². The number of rotatable bonds is 17. The van der Waals surface area contributed by atoms with Crippen LogP contribution < -0.4 is 21.5 Å². The Balaban J connectivity index is 0.00000576. The molecule has 0 radical (unpaired) electrons. The molecule has 0 aromatic carbocycles. The fourth-order valence-corrected chi connectivity index (χ4v) is 3.45. The first-order chi connectivity index (χ1) is 11.9. The maximum atomic E-state index is 2.34. The van der Waals surface area contributed by atoms with Crippen LogP contribution in [0.2, 0.25) is 0 Å². The summed E-state index contributed by atoms with van der Waals surface area (Å²) in [6, 6.07) is 0. The summed E-state index contributed by atoms with van der Waals surface area (Å²) >= 11 is 0. The second-order valence-electron chi connectivity index (χ2n) is 7.49. The molecule has 1 heterocycles. The largest absolute Gasteiger partial charge is 1.00 e. The second kappa shape index (κ2) is 18.5. The van der Waals surface area contributed by atoms with E-state index in [0.717, 1.165) is 6.54 Å². The number of imidazole rings is 1. The monoisotopic (exact) mass is 414 g/mol. The molecular weight excluding hydrogens is 372 g/mol. The van der Waals surface area contributed by atoms with Gasteiger partial charge in [0.25, 0.3) is 0 Å². The molecule has 0 atom stereocenters. The van der Waals surface area contributed by atoms with Crippen molar-refractivity contribution in [1.82, 2.24) is 4.57 Å². The minimum absolute atomic E-state index is 0. The normalized spacial score (nSPS) is 10.8. The number of aromatic nitrogens is 2. The summed E-state index contributed by atoms with van der Waals surface area (Å²) < 4.78 is 4.64. The van der Waals surface area contributed by atoms with Gasteiger partial charge in [0.2, 0.25) is 6.33 Å². The highest BCUT2D eigenvalue weighted by molar-refractivity contribution is 4.66. The van der Waals surface area contributed by atoms with Gasteiger partial charge >= 0.3 is 0 Å². The molecule has 0 N–H and O–H groups in total. The molecule has 0 aliphatic carbocycles. The van der Waals surface area contributed by atoms with Crippen molar-refractivity contribution >= 4 is 0 Å². The van der Waals surface area contributed by atoms with Gasteiger partial charge in [-0.25, -0.2) is 9.13 Å². The SMILES string of the molecule is CCCCCCCCCCCCCCCCn1cc[n+](CCC)c1.[Br-]. The third-order valence-corrected chi connectivity index (χ3v) is 5.00. The fraction of sp³-hybridized carbons (Fsp3) is 0.864. The van der Waals surface area contributed by atoms with Gasteiger partial charge in [-0.1, -0.05) is 90.9 Å². The van der Waals surface area contributed by atoms with Crippen LogP contribution in [-0.2, 0) is 13.1 Å². The quantitative estimate of drug-likeness (QED) is 0.271. The molecule has 0 bridgehead atoms. The lowest BCUT2D eigenvalue weighted by Crippen LogP contribution is -3.00. The second-order valence-corrected chi connectivity index (χ2v) is 7.49. The maximum Gasteiger partial charge on any atom is 0.243 e. The lowest BCUT2D eigenvalue weighted by atomic mass is 10.0. The molecule has 1 aromatic heterocycles. The van der Waals surface area contributed by atoms with Gasteiger partial charge in [-0.15, -0.1) is 0 Å². The molecule has 0 aliphatic rings. The minimum atomic E-state index is 0. The van der Waals surface area contributed by atoms with Gasteiger partial charge in [-0.05, 0) is 19.3 Å². The van der Waals surface area contributed by atoms with E-state index in [2.05, 4.69) is 41.7 Å². The zero-order valence-electron chi connectivity index (χ0n) is 17.0. The van der Waals surface area contributed by atoms with Crippen molar-refractivity contribution < 1.29 is 21.5 Å². The van der Waals surface area contributed by atoms with Gasteiger partial charge in [0, 0.05) is 0 Å². The number of halogens is 1. The standard InChI is InChI=1S/C22H43N2.BrH/c1-3-5-6-7-8-9-10-11-12-13-14-15-16-17-19-24-21-20-23(22-24)18-4-2;/h20-22H,3-19H2,1-2H3;1H/q+1;/p-1. The highest BCUT2D eigenvalue weighted by Crippen LogP contribution is 2.13. The first-order valence-electron chi connectivity index (χ1n) is 10.9. The van der Waals surface area contributed by atoms with E-state index in [9.17, 15) is 0 Å². The molecule has 3 heteroatoms. The van der Waals surface area contributed by atoms with Crippen molar-refractivity contribution in [3.8, 4) is 0 Å². The Morgan fingerprint density at radius 3 is 1.60 bits per heavy atom. The van der Waals surface area contributed by atoms with Gasteiger partial charge in [0.15, 0.2) is 0 Å². The first-order valence-corrected chi connectivity index (χ1v) is 10.9. The summed E-state index contributed by atoms with van der Waals surface area (Å²) in [7, 11) is 0. The number of aryl methyl sites for hydroxylation is 2. The molecule has 148 valence electrons. The van der Waals surface area contributed by atoms with E-state index in [-0.39, 0.29) is 17.0 Å². The summed E-state index contributed by atoms with van der Waals surface area (Å²) in [5.41, 5.74) is 0. The lowest BCUT2D eigenvalue weighted by Gasteiger charge is -2.03. The summed E-state index contributed by atoms with van der Waals surface area (Å²) in [5.74, 6) is 0. The predicted molar refractivity (Wildman–Crippen MR) is 105 cm³/mol. The number of hydrogen-bond acceptors (Lipinski definition) is 0. The van der Waals surface area contributed by atoms with Crippen molar-refractivity contribution in [3.05, 3.63) is 18.7 Å². The minimum Gasteiger partial charge on any atom is -1.00 e. The average molecular weight is 416 g/mol. The van der Waals surface area contributed by atoms with Crippen LogP contribution in [0.15, 0.2) is 18.7 Å². The van der Waals surface area contributed by atoms with Gasteiger partial charge in [0.05, 0.1) is 13.1 Å². The fourth-order valence-electron chi connectivity index (χ4n) is 3.45. The third-order valence-electron chi connectivity index (χ3n) is 5.00. The van der Waals surface area contributed by atoms with E-state index in [1.165, 1.54) is 103 Å². The Labute approximate surface area is 168 Å². The van der Waals surface area contributed by atoms with Crippen LogP contribution >= 0.6 is 0 Å². The van der Waals surface area contributed by atoms with E-state index >= 15 is 0 Å². The van der Waals surface area contributed by atoms with E-state index in [0.29, 0.717) is 0 Å². The zero-order valence-corrected chi connectivity index (χ0v) is 18.6. The average Bonchev–Trinajstić information content (AvgIpc) is 3.03. The van der Waals surface area contributed by atoms with E-state index < -0.39 is 0 Å². The molecule has 1 rings (SSSR count). The molecule has 2 nitrogen and oxygen atoms in total. The maximum absolute atomic E-state index is 2.34. The van der Waals surface area contributed by atoms with Crippen LogP contribution in [0.25, 0.3) is 0 Å². The summed E-state index contributed by atoms with van der Waals surface area (Å²) in [5, 5.41) is 0. The molecule has 0 spiro atoms. The molecule has 0 aliphatic heterocycles. The number of nitrogens with zero attached hydrogens (tertiary/aromatic N) is 2. The molecule has 0 unspecified atom stereocenters. The Hall–Kier alpha value is -0.310. The topological polar surface area (TPSA) is 8.81 Å². The first kappa shape index (κ1) is 24.7. The van der Waals surface area contributed by atoms with Crippen LogP contribution in [0.3, 0.4) is 0 Å². The van der Waals surface area contributed by atoms with E-state index in [4.69, 9.17) is 0 Å². The zero-order chi connectivity index (χ0) is 17.3. The Kier molecular flexibility index (Phi) is 18.3. The summed E-state index contributed by atoms with van der Waals surface area (Å²) in [6.07, 6.45) is 28.0. The van der Waals surface area contributed by atoms with E-state index in [1.54, 1.807) is 0 Å². The Morgan fingerprint density at radius 1 is 0.640 bits per heavy atom. The molecule has 0 saturated heterocycles. The van der Waals surface area contributed by atoms with Crippen LogP contribution in [-0.4, -0.2) is 4.57 Å². The van der Waals surface area contributed by atoms with Crippen molar-refractivity contribution in [2.45, 2.75) is 123 Å². The van der Waals surface area contributed by atoms with Gasteiger partial charge in [-0.2, -0.15) is 0 Å². The number of hydrogen-bond donors (Lipinski definition) is 0. The smallest absolute Gasteiger partial charge is 0.243 e. The molecule has 0 saturated carbocycles. The molecule has 0 amide bonds. The Morgan fingerprint density at radius 2 is 1.12 bits per heavy atom. The molecular formula is C22H43BrN2. The third kappa shape index (κ3) is 14.5. The highest BCUT2D eigenvalue weighted by atomic mass is 79.9. The van der Waals surface area contributed by atoms with Crippen LogP contribution in [0.4, 0.5) is 0 Å². The van der Waals surface area contributed by atoms with Gasteiger partial charge in [-0.3, -0.25) is 0 Å². The van der Waals surface area contributed by atoms with Gasteiger partial charge < -0.3 is 17.0 Å². The van der Waals surface area contributed by atoms with Crippen molar-refractivity contribution in [2.75, 3.05) is 0 Å². The molecule has 25 heavy (non-hydrogen) atoms. The van der Waals surface area contributed by atoms with Crippen LogP contribution in [0, 0.1) is 0 Å². The van der Waals surface area contributed by atoms with Crippen molar-refractivity contribution in [1.29, 1.82) is 0 Å². The summed E-state index contributed by atoms with van der Waals surface area (Å²) in [6.45, 7) is 6.86. The predicted octanol–water partition coefficient (Wildman–Crippen LogP) is 3.67. The Bertz CT molecular complexity index is 376. The molecule has 1 aromatic rings. The van der Waals surface area contributed by atoms with Gasteiger partial charge in [0.1, 0.15) is 12.4 Å². The van der Waals surface area contributed by atoms with Crippen molar-refractivity contribution in [2.24, 2.45) is 0 Å². The highest BCUT2D eigenvalue weighted by Gasteiger charge is 2.02. The van der Waals surface area contributed by atoms with Crippen LogP contribution in [0.5, 0.6) is 0 Å². The van der Waals surface area contributed by atoms with E-state index in [1.807, 2.05) is 0 Å². The summed E-state index contributed by atoms with van der Waals surface area (Å²) in [4.78, 5) is 0. The van der Waals surface area contributed by atoms with Crippen LogP contribution in [0.1, 0.15) is 110 Å². The lowest BCUT2D eigenvalue weighted by molar-refractivity contribution is -0.696.